The van der Waals surface area contributed by atoms with Crippen LogP contribution in [-0.4, -0.2) is 50.0 Å². The molecule has 1 aromatic rings. The predicted octanol–water partition coefficient (Wildman–Crippen LogP) is 2.91. The summed E-state index contributed by atoms with van der Waals surface area (Å²) in [7, 11) is 1.79. The van der Waals surface area contributed by atoms with E-state index in [1.54, 1.807) is 7.05 Å². The van der Waals surface area contributed by atoms with Crippen LogP contribution in [0.3, 0.4) is 0 Å². The molecule has 146 valence electrons. The molecule has 6 heteroatoms. The zero-order valence-corrected chi connectivity index (χ0v) is 18.5. The maximum Gasteiger partial charge on any atom is 0.223 e. The molecule has 0 bridgehead atoms. The van der Waals surface area contributed by atoms with E-state index in [1.807, 2.05) is 23.1 Å². The summed E-state index contributed by atoms with van der Waals surface area (Å²) in [5, 5.41) is 6.69. The van der Waals surface area contributed by atoms with Gasteiger partial charge in [-0.05, 0) is 24.3 Å². The Morgan fingerprint density at radius 2 is 2.00 bits per heavy atom. The van der Waals surface area contributed by atoms with E-state index in [0.717, 1.165) is 45.0 Å². The summed E-state index contributed by atoms with van der Waals surface area (Å²) in [5.74, 6) is 2.13. The molecule has 0 radical (unpaired) electrons. The van der Waals surface area contributed by atoms with E-state index in [0.29, 0.717) is 18.3 Å². The van der Waals surface area contributed by atoms with Crippen molar-refractivity contribution >= 4 is 35.8 Å². The molecular formula is C20H33IN4O. The number of amides is 1. The number of likely N-dealkylation sites (tertiary alicyclic amines) is 1. The highest BCUT2D eigenvalue weighted by molar-refractivity contribution is 14.0. The van der Waals surface area contributed by atoms with E-state index in [2.05, 4.69) is 41.6 Å². The van der Waals surface area contributed by atoms with Gasteiger partial charge in [0.1, 0.15) is 0 Å². The number of guanidine groups is 1. The number of carbonyl (C=O) groups excluding carboxylic acids is 1. The molecule has 26 heavy (non-hydrogen) atoms. The molecule has 1 aromatic carbocycles. The van der Waals surface area contributed by atoms with Crippen molar-refractivity contribution in [2.75, 3.05) is 33.2 Å². The highest BCUT2D eigenvalue weighted by Gasteiger charge is 2.29. The summed E-state index contributed by atoms with van der Waals surface area (Å²) in [6, 6.07) is 10.4. The summed E-state index contributed by atoms with van der Waals surface area (Å²) in [5.41, 5.74) is 1.28. The zero-order chi connectivity index (χ0) is 18.1. The van der Waals surface area contributed by atoms with E-state index in [1.165, 1.54) is 5.56 Å². The molecule has 5 nitrogen and oxygen atoms in total. The van der Waals surface area contributed by atoms with Crippen LogP contribution in [0.5, 0.6) is 0 Å². The van der Waals surface area contributed by atoms with Gasteiger partial charge < -0.3 is 15.5 Å². The Kier molecular flexibility index (Phi) is 10.6. The largest absolute Gasteiger partial charge is 0.356 e. The van der Waals surface area contributed by atoms with Crippen LogP contribution in [0.4, 0.5) is 0 Å². The van der Waals surface area contributed by atoms with Crippen molar-refractivity contribution in [2.45, 2.75) is 33.1 Å². The fraction of sp³-hybridized carbons (Fsp3) is 0.600. The van der Waals surface area contributed by atoms with Crippen molar-refractivity contribution in [3.8, 4) is 0 Å². The minimum atomic E-state index is 0. The molecule has 0 saturated carbocycles. The first-order valence-electron chi connectivity index (χ1n) is 9.34. The second-order valence-electron chi connectivity index (χ2n) is 7.21. The Morgan fingerprint density at radius 3 is 2.65 bits per heavy atom. The number of nitrogens with one attached hydrogen (secondary N) is 2. The van der Waals surface area contributed by atoms with Crippen LogP contribution < -0.4 is 10.6 Å². The Labute approximate surface area is 175 Å². The highest BCUT2D eigenvalue weighted by Crippen LogP contribution is 2.17. The molecule has 1 aliphatic rings. The van der Waals surface area contributed by atoms with Gasteiger partial charge in [0.05, 0.1) is 0 Å². The van der Waals surface area contributed by atoms with Crippen molar-refractivity contribution in [3.05, 3.63) is 35.9 Å². The van der Waals surface area contributed by atoms with Gasteiger partial charge in [0.25, 0.3) is 0 Å². The number of nitrogens with zero attached hydrogens (tertiary/aromatic N) is 2. The lowest BCUT2D eigenvalue weighted by molar-refractivity contribution is -0.127. The van der Waals surface area contributed by atoms with Gasteiger partial charge >= 0.3 is 0 Å². The van der Waals surface area contributed by atoms with Crippen LogP contribution in [0.2, 0.25) is 0 Å². The zero-order valence-electron chi connectivity index (χ0n) is 16.2. The molecule has 1 fully saturated rings. The fourth-order valence-corrected chi connectivity index (χ4v) is 3.06. The van der Waals surface area contributed by atoms with Crippen molar-refractivity contribution in [1.29, 1.82) is 0 Å². The summed E-state index contributed by atoms with van der Waals surface area (Å²) in [6.45, 7) is 7.78. The van der Waals surface area contributed by atoms with E-state index >= 15 is 0 Å². The number of hydrogen-bond acceptors (Lipinski definition) is 2. The third-order valence-corrected chi connectivity index (χ3v) is 4.60. The van der Waals surface area contributed by atoms with Gasteiger partial charge in [0.15, 0.2) is 5.96 Å². The van der Waals surface area contributed by atoms with E-state index in [9.17, 15) is 4.79 Å². The molecule has 1 heterocycles. The number of hydrogen-bond donors (Lipinski definition) is 2. The third kappa shape index (κ3) is 7.93. The number of benzene rings is 1. The first-order valence-corrected chi connectivity index (χ1v) is 9.34. The molecule has 1 amide bonds. The van der Waals surface area contributed by atoms with E-state index in [4.69, 9.17) is 0 Å². The van der Waals surface area contributed by atoms with Crippen molar-refractivity contribution in [3.63, 3.8) is 0 Å². The molecule has 2 rings (SSSR count). The second kappa shape index (κ2) is 12.1. The van der Waals surface area contributed by atoms with E-state index < -0.39 is 0 Å². The van der Waals surface area contributed by atoms with Gasteiger partial charge in [-0.25, -0.2) is 0 Å². The molecular weight excluding hydrogens is 439 g/mol. The number of carbonyl (C=O) groups is 1. The minimum Gasteiger partial charge on any atom is -0.356 e. The average molecular weight is 472 g/mol. The van der Waals surface area contributed by atoms with Crippen LogP contribution in [0.1, 0.15) is 32.3 Å². The molecule has 0 spiro atoms. The maximum absolute atomic E-state index is 12.2. The van der Waals surface area contributed by atoms with Gasteiger partial charge in [0.2, 0.25) is 5.91 Å². The number of rotatable bonds is 8. The van der Waals surface area contributed by atoms with Crippen molar-refractivity contribution < 1.29 is 4.79 Å². The molecule has 0 aliphatic carbocycles. The Bertz CT molecular complexity index is 562. The predicted molar refractivity (Wildman–Crippen MR) is 119 cm³/mol. The molecule has 1 saturated heterocycles. The quantitative estimate of drug-likeness (QED) is 0.348. The van der Waals surface area contributed by atoms with Crippen molar-refractivity contribution in [1.82, 2.24) is 15.5 Å². The van der Waals surface area contributed by atoms with E-state index in [-0.39, 0.29) is 29.9 Å². The SMILES string of the molecule is CN=C(NCCC(C)C)NCC1CC(=O)N(CCc2ccccc2)C1.I. The van der Waals surface area contributed by atoms with Gasteiger partial charge in [-0.1, -0.05) is 44.2 Å². The van der Waals surface area contributed by atoms with Gasteiger partial charge in [-0.2, -0.15) is 0 Å². The summed E-state index contributed by atoms with van der Waals surface area (Å²) in [4.78, 5) is 18.5. The fourth-order valence-electron chi connectivity index (χ4n) is 3.06. The normalized spacial score (nSPS) is 17.4. The Morgan fingerprint density at radius 1 is 1.27 bits per heavy atom. The Balaban J connectivity index is 0.00000338. The standard InChI is InChI=1S/C20H32N4O.HI/c1-16(2)9-11-22-20(21-3)23-14-18-13-19(25)24(15-18)12-10-17-7-5-4-6-8-17;/h4-8,16,18H,9-15H2,1-3H3,(H2,21,22,23);1H. The molecule has 1 aliphatic heterocycles. The van der Waals surface area contributed by atoms with Gasteiger partial charge in [-0.15, -0.1) is 24.0 Å². The smallest absolute Gasteiger partial charge is 0.223 e. The first-order chi connectivity index (χ1) is 12.1. The average Bonchev–Trinajstić information content (AvgIpc) is 2.96. The Hall–Kier alpha value is -1.31. The van der Waals surface area contributed by atoms with Crippen LogP contribution >= 0.6 is 24.0 Å². The second-order valence-corrected chi connectivity index (χ2v) is 7.21. The number of halogens is 1. The third-order valence-electron chi connectivity index (χ3n) is 4.60. The lowest BCUT2D eigenvalue weighted by Gasteiger charge is -2.18. The van der Waals surface area contributed by atoms with Crippen LogP contribution in [-0.2, 0) is 11.2 Å². The van der Waals surface area contributed by atoms with Gasteiger partial charge in [0, 0.05) is 45.6 Å². The van der Waals surface area contributed by atoms with Crippen LogP contribution in [0, 0.1) is 11.8 Å². The summed E-state index contributed by atoms with van der Waals surface area (Å²) >= 11 is 0. The summed E-state index contributed by atoms with van der Waals surface area (Å²) < 4.78 is 0. The van der Waals surface area contributed by atoms with Crippen molar-refractivity contribution in [2.24, 2.45) is 16.8 Å². The highest BCUT2D eigenvalue weighted by atomic mass is 127. The molecule has 2 N–H and O–H groups in total. The monoisotopic (exact) mass is 472 g/mol. The summed E-state index contributed by atoms with van der Waals surface area (Å²) in [6.07, 6.45) is 2.67. The van der Waals surface area contributed by atoms with Crippen LogP contribution in [0.15, 0.2) is 35.3 Å². The lowest BCUT2D eigenvalue weighted by atomic mass is 10.1. The molecule has 1 unspecified atom stereocenters. The first kappa shape index (κ1) is 22.7. The lowest BCUT2D eigenvalue weighted by Crippen LogP contribution is -2.40. The van der Waals surface area contributed by atoms with Crippen LogP contribution in [0.25, 0.3) is 0 Å². The molecule has 1 atom stereocenters. The minimum absolute atomic E-state index is 0. The van der Waals surface area contributed by atoms with Gasteiger partial charge in [-0.3, -0.25) is 9.79 Å². The number of aliphatic imine (C=N–C) groups is 1. The topological polar surface area (TPSA) is 56.7 Å². The molecule has 0 aromatic heterocycles. The maximum atomic E-state index is 12.2.